The molecule has 8 nitrogen and oxygen atoms in total. The van der Waals surface area contributed by atoms with Crippen LogP contribution in [0.25, 0.3) is 5.69 Å². The Hall–Kier alpha value is -2.90. The van der Waals surface area contributed by atoms with Gasteiger partial charge in [0.05, 0.1) is 35.6 Å². The van der Waals surface area contributed by atoms with Crippen molar-refractivity contribution >= 4 is 11.8 Å². The lowest BCUT2D eigenvalue weighted by Gasteiger charge is -2.11. The van der Waals surface area contributed by atoms with Crippen LogP contribution in [0.2, 0.25) is 0 Å². The number of carbonyl (C=O) groups is 1. The van der Waals surface area contributed by atoms with Crippen LogP contribution in [-0.4, -0.2) is 30.8 Å². The molecule has 0 aliphatic carbocycles. The molecule has 1 aromatic carbocycles. The zero-order chi connectivity index (χ0) is 14.3. The number of carboxylic acid groups (broad SMARTS) is 1. The predicted molar refractivity (Wildman–Crippen MR) is 67.5 cm³/mol. The number of amides is 1. The number of fused-ring (bicyclic) bond motifs is 1. The van der Waals surface area contributed by atoms with Gasteiger partial charge in [0.25, 0.3) is 5.69 Å². The summed E-state index contributed by atoms with van der Waals surface area (Å²) in [5.41, 5.74) is 2.08. The summed E-state index contributed by atoms with van der Waals surface area (Å²) in [5.74, 6) is 0. The van der Waals surface area contributed by atoms with Crippen LogP contribution in [0.4, 0.5) is 10.5 Å². The molecular weight excluding hydrogens is 264 g/mol. The minimum atomic E-state index is -0.994. The second-order valence-corrected chi connectivity index (χ2v) is 4.44. The first-order chi connectivity index (χ1) is 9.56. The van der Waals surface area contributed by atoms with Crippen molar-refractivity contribution in [3.8, 4) is 5.69 Å². The van der Waals surface area contributed by atoms with Crippen LogP contribution in [-0.2, 0) is 13.1 Å². The van der Waals surface area contributed by atoms with E-state index < -0.39 is 11.0 Å². The van der Waals surface area contributed by atoms with Crippen molar-refractivity contribution in [2.24, 2.45) is 0 Å². The second-order valence-electron chi connectivity index (χ2n) is 4.44. The molecule has 1 aromatic heterocycles. The Morgan fingerprint density at radius 2 is 2.20 bits per heavy atom. The van der Waals surface area contributed by atoms with Gasteiger partial charge in [0.1, 0.15) is 0 Å². The molecule has 1 amide bonds. The minimum Gasteiger partial charge on any atom is -0.465 e. The maximum atomic E-state index is 11.0. The number of nitrogens with zero attached hydrogens (tertiary/aromatic N) is 4. The monoisotopic (exact) mass is 274 g/mol. The van der Waals surface area contributed by atoms with Crippen LogP contribution < -0.4 is 0 Å². The van der Waals surface area contributed by atoms with E-state index in [1.54, 1.807) is 23.0 Å². The molecule has 0 atom stereocenters. The van der Waals surface area contributed by atoms with E-state index >= 15 is 0 Å². The van der Waals surface area contributed by atoms with E-state index in [0.29, 0.717) is 12.2 Å². The van der Waals surface area contributed by atoms with E-state index in [1.807, 2.05) is 0 Å². The number of nitro groups is 1. The van der Waals surface area contributed by atoms with E-state index in [9.17, 15) is 14.9 Å². The number of aromatic nitrogens is 2. The Balaban J connectivity index is 2.00. The SMILES string of the molecule is O=C(O)N1Cc2cnn(-c3cccc([N+](=O)[O-])c3)c2C1. The summed E-state index contributed by atoms with van der Waals surface area (Å²) < 4.78 is 1.55. The van der Waals surface area contributed by atoms with Gasteiger partial charge in [-0.2, -0.15) is 5.10 Å². The predicted octanol–water partition coefficient (Wildman–Crippen LogP) is 1.77. The largest absolute Gasteiger partial charge is 0.465 e. The first-order valence-electron chi connectivity index (χ1n) is 5.85. The van der Waals surface area contributed by atoms with Crippen molar-refractivity contribution in [1.29, 1.82) is 0 Å². The van der Waals surface area contributed by atoms with Crippen molar-refractivity contribution in [1.82, 2.24) is 14.7 Å². The topological polar surface area (TPSA) is 102 Å². The minimum absolute atomic E-state index is 0.0279. The summed E-state index contributed by atoms with van der Waals surface area (Å²) in [5, 5.41) is 24.0. The van der Waals surface area contributed by atoms with Gasteiger partial charge in [0.15, 0.2) is 0 Å². The smallest absolute Gasteiger partial charge is 0.407 e. The first kappa shape index (κ1) is 12.2. The maximum Gasteiger partial charge on any atom is 0.407 e. The van der Waals surface area contributed by atoms with Gasteiger partial charge < -0.3 is 5.11 Å². The van der Waals surface area contributed by atoms with Gasteiger partial charge in [-0.15, -0.1) is 0 Å². The molecule has 0 fully saturated rings. The zero-order valence-electron chi connectivity index (χ0n) is 10.3. The van der Waals surface area contributed by atoms with Crippen molar-refractivity contribution in [2.45, 2.75) is 13.1 Å². The molecule has 0 radical (unpaired) electrons. The molecule has 8 heteroatoms. The van der Waals surface area contributed by atoms with Crippen LogP contribution in [0.1, 0.15) is 11.3 Å². The van der Waals surface area contributed by atoms with Crippen molar-refractivity contribution in [3.63, 3.8) is 0 Å². The zero-order valence-corrected chi connectivity index (χ0v) is 10.3. The number of hydrogen-bond donors (Lipinski definition) is 1. The molecule has 20 heavy (non-hydrogen) atoms. The molecule has 2 aromatic rings. The van der Waals surface area contributed by atoms with Gasteiger partial charge in [-0.1, -0.05) is 6.07 Å². The Labute approximate surface area is 113 Å². The molecule has 1 aliphatic rings. The Morgan fingerprint density at radius 3 is 2.90 bits per heavy atom. The van der Waals surface area contributed by atoms with Gasteiger partial charge in [-0.05, 0) is 6.07 Å². The molecule has 1 aliphatic heterocycles. The molecule has 2 heterocycles. The third-order valence-corrected chi connectivity index (χ3v) is 3.21. The highest BCUT2D eigenvalue weighted by Crippen LogP contribution is 2.26. The highest BCUT2D eigenvalue weighted by molar-refractivity contribution is 5.66. The fraction of sp³-hybridized carbons (Fsp3) is 0.167. The molecule has 0 bridgehead atoms. The van der Waals surface area contributed by atoms with Crippen LogP contribution in [0.3, 0.4) is 0 Å². The Kier molecular flexibility index (Phi) is 2.63. The van der Waals surface area contributed by atoms with E-state index in [1.165, 1.54) is 17.0 Å². The molecule has 0 saturated heterocycles. The Morgan fingerprint density at radius 1 is 1.40 bits per heavy atom. The van der Waals surface area contributed by atoms with Gasteiger partial charge in [-0.3, -0.25) is 15.0 Å². The average molecular weight is 274 g/mol. The van der Waals surface area contributed by atoms with Crippen LogP contribution in [0.5, 0.6) is 0 Å². The molecule has 0 saturated carbocycles. The first-order valence-corrected chi connectivity index (χ1v) is 5.85. The standard InChI is InChI=1S/C12H10N4O4/c17-12(18)14-6-8-5-13-15(11(8)7-14)9-2-1-3-10(4-9)16(19)20/h1-5H,6-7H2,(H,17,18). The third-order valence-electron chi connectivity index (χ3n) is 3.21. The summed E-state index contributed by atoms with van der Waals surface area (Å²) in [6.07, 6.45) is 0.601. The highest BCUT2D eigenvalue weighted by atomic mass is 16.6. The fourth-order valence-corrected chi connectivity index (χ4v) is 2.25. The van der Waals surface area contributed by atoms with Crippen LogP contribution in [0.15, 0.2) is 30.5 Å². The van der Waals surface area contributed by atoms with Gasteiger partial charge in [0, 0.05) is 17.7 Å². The number of nitro benzene ring substituents is 1. The van der Waals surface area contributed by atoms with Crippen molar-refractivity contribution in [3.05, 3.63) is 51.8 Å². The molecule has 102 valence electrons. The number of rotatable bonds is 2. The number of benzene rings is 1. The molecule has 0 unspecified atom stereocenters. The highest BCUT2D eigenvalue weighted by Gasteiger charge is 2.27. The lowest BCUT2D eigenvalue weighted by Crippen LogP contribution is -2.23. The normalized spacial score (nSPS) is 13.3. The fourth-order valence-electron chi connectivity index (χ4n) is 2.25. The summed E-state index contributed by atoms with van der Waals surface area (Å²) in [6.45, 7) is 0.521. The van der Waals surface area contributed by atoms with Crippen LogP contribution in [0, 0.1) is 10.1 Å². The average Bonchev–Trinajstić information content (AvgIpc) is 2.98. The van der Waals surface area contributed by atoms with Crippen molar-refractivity contribution < 1.29 is 14.8 Å². The molecule has 1 N–H and O–H groups in total. The molecule has 3 rings (SSSR count). The van der Waals surface area contributed by atoms with E-state index in [-0.39, 0.29) is 12.2 Å². The van der Waals surface area contributed by atoms with Crippen molar-refractivity contribution in [2.75, 3.05) is 0 Å². The third kappa shape index (κ3) is 1.87. The van der Waals surface area contributed by atoms with E-state index in [0.717, 1.165) is 11.3 Å². The number of hydrogen-bond acceptors (Lipinski definition) is 4. The number of non-ortho nitro benzene ring substituents is 1. The lowest BCUT2D eigenvalue weighted by atomic mass is 10.2. The lowest BCUT2D eigenvalue weighted by molar-refractivity contribution is -0.384. The van der Waals surface area contributed by atoms with Gasteiger partial charge in [0.2, 0.25) is 0 Å². The quantitative estimate of drug-likeness (QED) is 0.664. The molecule has 0 spiro atoms. The summed E-state index contributed by atoms with van der Waals surface area (Å²) in [7, 11) is 0. The molecular formula is C12H10N4O4. The summed E-state index contributed by atoms with van der Waals surface area (Å²) in [6, 6.07) is 6.09. The van der Waals surface area contributed by atoms with Gasteiger partial charge >= 0.3 is 6.09 Å². The maximum absolute atomic E-state index is 11.0. The summed E-state index contributed by atoms with van der Waals surface area (Å²) >= 11 is 0. The summed E-state index contributed by atoms with van der Waals surface area (Å²) in [4.78, 5) is 22.5. The van der Waals surface area contributed by atoms with E-state index in [4.69, 9.17) is 5.11 Å². The Bertz CT molecular complexity index is 709. The van der Waals surface area contributed by atoms with Gasteiger partial charge in [-0.25, -0.2) is 9.48 Å². The van der Waals surface area contributed by atoms with E-state index in [2.05, 4.69) is 5.10 Å². The van der Waals surface area contributed by atoms with Crippen LogP contribution >= 0.6 is 0 Å². The second kappa shape index (κ2) is 4.34.